The lowest BCUT2D eigenvalue weighted by Crippen LogP contribution is -2.47. The van der Waals surface area contributed by atoms with Gasteiger partial charge in [0, 0.05) is 5.69 Å². The zero-order chi connectivity index (χ0) is 25.6. The predicted molar refractivity (Wildman–Crippen MR) is 137 cm³/mol. The molecule has 3 amide bonds. The van der Waals surface area contributed by atoms with Gasteiger partial charge in [0.05, 0.1) is 25.6 Å². The van der Waals surface area contributed by atoms with E-state index in [2.05, 4.69) is 10.6 Å². The standard InChI is InChI=1S/C29H27N3O5/c33-26(19-31-28(34)25-12-6-16-37-25)32(23-14-13-20-9-4-10-22(20)17-23)27(21-7-2-1-3-8-21)29(35)30-18-24-11-5-15-36-24/h1-3,5-8,11-17,27H,4,9-10,18-19H2,(H,30,35)(H,31,34). The molecule has 4 aromatic rings. The molecule has 0 spiro atoms. The lowest BCUT2D eigenvalue weighted by molar-refractivity contribution is -0.126. The average molecular weight is 498 g/mol. The molecule has 2 aromatic carbocycles. The van der Waals surface area contributed by atoms with Gasteiger partial charge in [-0.1, -0.05) is 36.4 Å². The molecule has 1 aliphatic carbocycles. The van der Waals surface area contributed by atoms with Crippen molar-refractivity contribution in [2.45, 2.75) is 31.8 Å². The molecule has 5 rings (SSSR count). The monoisotopic (exact) mass is 497 g/mol. The summed E-state index contributed by atoms with van der Waals surface area (Å²) in [6.45, 7) is -0.137. The van der Waals surface area contributed by atoms with E-state index in [1.165, 1.54) is 29.1 Å². The number of hydrogen-bond acceptors (Lipinski definition) is 5. The average Bonchev–Trinajstić information content (AvgIpc) is 3.72. The number of carbonyl (C=O) groups is 3. The number of aryl methyl sites for hydroxylation is 2. The molecule has 1 atom stereocenters. The van der Waals surface area contributed by atoms with Crippen LogP contribution in [0.15, 0.2) is 94.2 Å². The fraction of sp³-hybridized carbons (Fsp3) is 0.207. The fourth-order valence-corrected chi connectivity index (χ4v) is 4.62. The number of benzene rings is 2. The molecule has 0 saturated heterocycles. The zero-order valence-corrected chi connectivity index (χ0v) is 20.2. The van der Waals surface area contributed by atoms with Gasteiger partial charge in [0.25, 0.3) is 5.91 Å². The van der Waals surface area contributed by atoms with Gasteiger partial charge in [0.15, 0.2) is 5.76 Å². The molecule has 2 N–H and O–H groups in total. The van der Waals surface area contributed by atoms with Crippen LogP contribution in [0.4, 0.5) is 5.69 Å². The maximum atomic E-state index is 13.8. The minimum atomic E-state index is -0.969. The molecule has 0 bridgehead atoms. The van der Waals surface area contributed by atoms with Crippen LogP contribution in [-0.2, 0) is 29.0 Å². The van der Waals surface area contributed by atoms with Crippen molar-refractivity contribution in [2.24, 2.45) is 0 Å². The van der Waals surface area contributed by atoms with Gasteiger partial charge in [-0.2, -0.15) is 0 Å². The Morgan fingerprint density at radius 3 is 2.38 bits per heavy atom. The summed E-state index contributed by atoms with van der Waals surface area (Å²) in [7, 11) is 0. The van der Waals surface area contributed by atoms with Crippen molar-refractivity contribution in [1.29, 1.82) is 0 Å². The Kier molecular flexibility index (Phi) is 7.16. The minimum Gasteiger partial charge on any atom is -0.467 e. The van der Waals surface area contributed by atoms with Gasteiger partial charge in [-0.05, 0) is 72.4 Å². The first-order valence-corrected chi connectivity index (χ1v) is 12.2. The second kappa shape index (κ2) is 11.0. The Morgan fingerprint density at radius 1 is 0.838 bits per heavy atom. The first kappa shape index (κ1) is 24.1. The highest BCUT2D eigenvalue weighted by Gasteiger charge is 2.33. The summed E-state index contributed by atoms with van der Waals surface area (Å²) in [4.78, 5) is 41.4. The van der Waals surface area contributed by atoms with Crippen LogP contribution in [0.1, 0.15) is 45.5 Å². The van der Waals surface area contributed by atoms with E-state index >= 15 is 0 Å². The van der Waals surface area contributed by atoms with E-state index in [1.54, 1.807) is 18.2 Å². The zero-order valence-electron chi connectivity index (χ0n) is 20.2. The maximum absolute atomic E-state index is 13.8. The van der Waals surface area contributed by atoms with Crippen LogP contribution in [0.25, 0.3) is 0 Å². The summed E-state index contributed by atoms with van der Waals surface area (Å²) in [5, 5.41) is 5.52. The Hall–Kier alpha value is -4.59. The third-order valence-electron chi connectivity index (χ3n) is 6.41. The summed E-state index contributed by atoms with van der Waals surface area (Å²) in [6.07, 6.45) is 5.90. The first-order chi connectivity index (χ1) is 18.1. The third kappa shape index (κ3) is 5.48. The first-order valence-electron chi connectivity index (χ1n) is 12.2. The van der Waals surface area contributed by atoms with Gasteiger partial charge in [0.2, 0.25) is 11.8 Å². The second-order valence-electron chi connectivity index (χ2n) is 8.84. The number of carbonyl (C=O) groups excluding carboxylic acids is 3. The number of hydrogen-bond donors (Lipinski definition) is 2. The number of furan rings is 2. The van der Waals surface area contributed by atoms with Crippen LogP contribution in [0, 0.1) is 0 Å². The molecule has 8 heteroatoms. The number of nitrogens with zero attached hydrogens (tertiary/aromatic N) is 1. The molecule has 188 valence electrons. The lowest BCUT2D eigenvalue weighted by Gasteiger charge is -2.32. The van der Waals surface area contributed by atoms with E-state index in [1.807, 2.05) is 48.5 Å². The number of anilines is 1. The van der Waals surface area contributed by atoms with E-state index in [0.717, 1.165) is 24.8 Å². The Labute approximate surface area is 214 Å². The summed E-state index contributed by atoms with van der Waals surface area (Å²) in [5.41, 5.74) is 3.66. The van der Waals surface area contributed by atoms with Gasteiger partial charge in [-0.25, -0.2) is 0 Å². The smallest absolute Gasteiger partial charge is 0.287 e. The van der Waals surface area contributed by atoms with E-state index in [4.69, 9.17) is 8.83 Å². The summed E-state index contributed by atoms with van der Waals surface area (Å²) < 4.78 is 10.5. The Bertz CT molecular complexity index is 1360. The van der Waals surface area contributed by atoms with Gasteiger partial charge < -0.3 is 19.5 Å². The minimum absolute atomic E-state index is 0.104. The highest BCUT2D eigenvalue weighted by molar-refractivity contribution is 6.04. The van der Waals surface area contributed by atoms with Crippen LogP contribution in [-0.4, -0.2) is 24.3 Å². The molecule has 0 radical (unpaired) electrons. The summed E-state index contributed by atoms with van der Waals surface area (Å²) in [5.74, 6) is -0.603. The molecule has 2 aromatic heterocycles. The fourth-order valence-electron chi connectivity index (χ4n) is 4.62. The molecule has 2 heterocycles. The number of fused-ring (bicyclic) bond motifs is 1. The Balaban J connectivity index is 1.48. The quantitative estimate of drug-likeness (QED) is 0.361. The predicted octanol–water partition coefficient (Wildman–Crippen LogP) is 4.18. The molecule has 0 aliphatic heterocycles. The SMILES string of the molecule is O=C(NCC(=O)N(c1ccc2c(c1)CCC2)C(C(=O)NCc1ccco1)c1ccccc1)c1ccco1. The van der Waals surface area contributed by atoms with Crippen molar-refractivity contribution in [3.05, 3.63) is 114 Å². The molecule has 0 fully saturated rings. The van der Waals surface area contributed by atoms with E-state index in [9.17, 15) is 14.4 Å². The van der Waals surface area contributed by atoms with Crippen molar-refractivity contribution in [3.8, 4) is 0 Å². The van der Waals surface area contributed by atoms with Crippen molar-refractivity contribution in [2.75, 3.05) is 11.4 Å². The lowest BCUT2D eigenvalue weighted by atomic mass is 10.0. The largest absolute Gasteiger partial charge is 0.467 e. The van der Waals surface area contributed by atoms with Crippen LogP contribution in [0.3, 0.4) is 0 Å². The van der Waals surface area contributed by atoms with Crippen molar-refractivity contribution >= 4 is 23.4 Å². The van der Waals surface area contributed by atoms with Gasteiger partial charge >= 0.3 is 0 Å². The summed E-state index contributed by atoms with van der Waals surface area (Å²) in [6, 6.07) is 20.7. The normalized spacial score (nSPS) is 13.0. The molecule has 1 unspecified atom stereocenters. The number of nitrogens with one attached hydrogen (secondary N) is 2. The van der Waals surface area contributed by atoms with Crippen LogP contribution >= 0.6 is 0 Å². The van der Waals surface area contributed by atoms with E-state index in [0.29, 0.717) is 17.0 Å². The van der Waals surface area contributed by atoms with E-state index in [-0.39, 0.29) is 24.8 Å². The molecule has 37 heavy (non-hydrogen) atoms. The van der Waals surface area contributed by atoms with E-state index < -0.39 is 17.9 Å². The van der Waals surface area contributed by atoms with Crippen molar-refractivity contribution < 1.29 is 23.2 Å². The topological polar surface area (TPSA) is 105 Å². The molecule has 8 nitrogen and oxygen atoms in total. The van der Waals surface area contributed by atoms with Crippen LogP contribution in [0.5, 0.6) is 0 Å². The van der Waals surface area contributed by atoms with Gasteiger partial charge in [-0.15, -0.1) is 0 Å². The number of rotatable bonds is 9. The molecule has 0 saturated carbocycles. The van der Waals surface area contributed by atoms with Crippen molar-refractivity contribution in [3.63, 3.8) is 0 Å². The molecular formula is C29H27N3O5. The van der Waals surface area contributed by atoms with Gasteiger partial charge in [0.1, 0.15) is 11.8 Å². The Morgan fingerprint density at radius 2 is 1.62 bits per heavy atom. The maximum Gasteiger partial charge on any atom is 0.287 e. The third-order valence-corrected chi connectivity index (χ3v) is 6.41. The van der Waals surface area contributed by atoms with Gasteiger partial charge in [-0.3, -0.25) is 19.3 Å². The van der Waals surface area contributed by atoms with Crippen LogP contribution in [0.2, 0.25) is 0 Å². The molecule has 1 aliphatic rings. The van der Waals surface area contributed by atoms with Crippen molar-refractivity contribution in [1.82, 2.24) is 10.6 Å². The number of amides is 3. The van der Waals surface area contributed by atoms with Crippen LogP contribution < -0.4 is 15.5 Å². The second-order valence-corrected chi connectivity index (χ2v) is 8.84. The summed E-state index contributed by atoms with van der Waals surface area (Å²) >= 11 is 0. The highest BCUT2D eigenvalue weighted by atomic mass is 16.3. The highest BCUT2D eigenvalue weighted by Crippen LogP contribution is 2.32. The molecular weight excluding hydrogens is 470 g/mol.